The average molecular weight is 350 g/mol. The Morgan fingerprint density at radius 3 is 2.88 bits per heavy atom. The summed E-state index contributed by atoms with van der Waals surface area (Å²) < 4.78 is 19.5. The molecule has 1 heterocycles. The van der Waals surface area contributed by atoms with Crippen molar-refractivity contribution < 1.29 is 18.7 Å². The first-order chi connectivity index (χ1) is 12.0. The summed E-state index contributed by atoms with van der Waals surface area (Å²) >= 11 is 0. The van der Waals surface area contributed by atoms with Crippen LogP contribution in [0.15, 0.2) is 18.2 Å². The molecule has 8 heteroatoms. The van der Waals surface area contributed by atoms with Crippen molar-refractivity contribution in [3.63, 3.8) is 0 Å². The summed E-state index contributed by atoms with van der Waals surface area (Å²) in [5.74, 6) is -1.10. The lowest BCUT2D eigenvalue weighted by molar-refractivity contribution is -0.125. The molecule has 25 heavy (non-hydrogen) atoms. The lowest BCUT2D eigenvalue weighted by atomic mass is 10.2. The standard InChI is InChI=1S/C17H23FN4O3/c1-21(12-3-4-12)15(9-19)17(24)20-11-2-5-14(13(18)8-11)22-6-7-25-10-16(22)23/h2,5,8,12,15H,3-4,6-7,9-10,19H2,1H3,(H,20,24)/t15-/m0/s1. The second kappa shape index (κ2) is 7.47. The first kappa shape index (κ1) is 17.8. The number of benzene rings is 1. The topological polar surface area (TPSA) is 87.9 Å². The number of halogens is 1. The molecule has 136 valence electrons. The van der Waals surface area contributed by atoms with Gasteiger partial charge in [-0.25, -0.2) is 4.39 Å². The van der Waals surface area contributed by atoms with Crippen LogP contribution in [0.5, 0.6) is 0 Å². The van der Waals surface area contributed by atoms with Gasteiger partial charge in [-0.3, -0.25) is 14.5 Å². The SMILES string of the molecule is CN(C1CC1)[C@@H](CN)C(=O)Nc1ccc(N2CCOCC2=O)c(F)c1. The number of hydrogen-bond acceptors (Lipinski definition) is 5. The van der Waals surface area contributed by atoms with E-state index in [2.05, 4.69) is 5.32 Å². The zero-order valence-electron chi connectivity index (χ0n) is 14.2. The van der Waals surface area contributed by atoms with Gasteiger partial charge in [-0.2, -0.15) is 0 Å². The van der Waals surface area contributed by atoms with Crippen LogP contribution in [0.1, 0.15) is 12.8 Å². The number of hydrogen-bond donors (Lipinski definition) is 2. The first-order valence-electron chi connectivity index (χ1n) is 8.41. The lowest BCUT2D eigenvalue weighted by Gasteiger charge is -2.28. The number of amides is 2. The van der Waals surface area contributed by atoms with Crippen molar-refractivity contribution in [3.05, 3.63) is 24.0 Å². The van der Waals surface area contributed by atoms with Crippen molar-refractivity contribution in [1.82, 2.24) is 4.90 Å². The van der Waals surface area contributed by atoms with E-state index in [0.29, 0.717) is 24.9 Å². The largest absolute Gasteiger partial charge is 0.370 e. The highest BCUT2D eigenvalue weighted by atomic mass is 19.1. The Hall–Kier alpha value is -2.03. The molecule has 0 unspecified atom stereocenters. The van der Waals surface area contributed by atoms with Gasteiger partial charge in [0.15, 0.2) is 0 Å². The van der Waals surface area contributed by atoms with Crippen LogP contribution in [0.4, 0.5) is 15.8 Å². The Labute approximate surface area is 145 Å². The number of anilines is 2. The summed E-state index contributed by atoms with van der Waals surface area (Å²) in [6, 6.07) is 4.25. The number of nitrogens with zero attached hydrogens (tertiary/aromatic N) is 2. The molecule has 1 saturated heterocycles. The van der Waals surface area contributed by atoms with E-state index in [4.69, 9.17) is 10.5 Å². The maximum atomic E-state index is 14.4. The highest BCUT2D eigenvalue weighted by Gasteiger charge is 2.34. The van der Waals surface area contributed by atoms with Gasteiger partial charge in [0.1, 0.15) is 18.5 Å². The van der Waals surface area contributed by atoms with Crippen LogP contribution in [-0.2, 0) is 14.3 Å². The molecule has 1 aromatic rings. The maximum Gasteiger partial charge on any atom is 0.253 e. The molecular weight excluding hydrogens is 327 g/mol. The van der Waals surface area contributed by atoms with E-state index >= 15 is 0 Å². The van der Waals surface area contributed by atoms with Gasteiger partial charge in [0.05, 0.1) is 12.3 Å². The second-order valence-corrected chi connectivity index (χ2v) is 6.40. The van der Waals surface area contributed by atoms with E-state index < -0.39 is 11.9 Å². The highest BCUT2D eigenvalue weighted by molar-refractivity contribution is 5.97. The molecule has 1 saturated carbocycles. The Morgan fingerprint density at radius 1 is 1.52 bits per heavy atom. The lowest BCUT2D eigenvalue weighted by Crippen LogP contribution is -2.47. The molecule has 0 bridgehead atoms. The van der Waals surface area contributed by atoms with Crippen molar-refractivity contribution in [2.75, 3.05) is 43.6 Å². The Kier molecular flexibility index (Phi) is 5.31. The Morgan fingerprint density at radius 2 is 2.28 bits per heavy atom. The van der Waals surface area contributed by atoms with Gasteiger partial charge in [-0.05, 0) is 38.1 Å². The highest BCUT2D eigenvalue weighted by Crippen LogP contribution is 2.28. The van der Waals surface area contributed by atoms with Gasteiger partial charge >= 0.3 is 0 Å². The average Bonchev–Trinajstić information content (AvgIpc) is 3.41. The molecule has 3 rings (SSSR count). The van der Waals surface area contributed by atoms with Crippen LogP contribution in [0, 0.1) is 5.82 Å². The summed E-state index contributed by atoms with van der Waals surface area (Å²) in [5.41, 5.74) is 6.26. The summed E-state index contributed by atoms with van der Waals surface area (Å²) in [7, 11) is 1.88. The van der Waals surface area contributed by atoms with Gasteiger partial charge in [-0.1, -0.05) is 0 Å². The monoisotopic (exact) mass is 350 g/mol. The third-order valence-corrected chi connectivity index (χ3v) is 4.63. The fraction of sp³-hybridized carbons (Fsp3) is 0.529. The minimum absolute atomic E-state index is 0.0520. The first-order valence-corrected chi connectivity index (χ1v) is 8.41. The minimum atomic E-state index is -0.562. The molecule has 3 N–H and O–H groups in total. The van der Waals surface area contributed by atoms with Gasteiger partial charge in [-0.15, -0.1) is 0 Å². The number of nitrogens with two attached hydrogens (primary N) is 1. The van der Waals surface area contributed by atoms with E-state index in [9.17, 15) is 14.0 Å². The molecule has 1 aliphatic heterocycles. The summed E-state index contributed by atoms with van der Waals surface area (Å²) in [6.45, 7) is 0.823. The molecule has 1 aliphatic carbocycles. The number of carbonyl (C=O) groups is 2. The normalized spacial score (nSPS) is 19.2. The van der Waals surface area contributed by atoms with Crippen molar-refractivity contribution >= 4 is 23.2 Å². The summed E-state index contributed by atoms with van der Waals surface area (Å²) in [4.78, 5) is 27.6. The smallest absolute Gasteiger partial charge is 0.253 e. The second-order valence-electron chi connectivity index (χ2n) is 6.40. The van der Waals surface area contributed by atoms with Gasteiger partial charge in [0.25, 0.3) is 5.91 Å². The van der Waals surface area contributed by atoms with Crippen molar-refractivity contribution in [2.45, 2.75) is 24.9 Å². The van der Waals surface area contributed by atoms with Crippen molar-refractivity contribution in [3.8, 4) is 0 Å². The van der Waals surface area contributed by atoms with E-state index in [-0.39, 0.29) is 30.7 Å². The van der Waals surface area contributed by atoms with Gasteiger partial charge in [0, 0.05) is 24.8 Å². The third kappa shape index (κ3) is 3.97. The van der Waals surface area contributed by atoms with Crippen LogP contribution >= 0.6 is 0 Å². The predicted molar refractivity (Wildman–Crippen MR) is 91.8 cm³/mol. The molecule has 0 radical (unpaired) electrons. The third-order valence-electron chi connectivity index (χ3n) is 4.63. The van der Waals surface area contributed by atoms with Gasteiger partial charge < -0.3 is 20.7 Å². The fourth-order valence-corrected chi connectivity index (χ4v) is 3.00. The number of rotatable bonds is 6. The molecule has 2 aliphatic rings. The van der Waals surface area contributed by atoms with E-state index in [0.717, 1.165) is 12.8 Å². The van der Waals surface area contributed by atoms with Gasteiger partial charge in [0.2, 0.25) is 5.91 Å². The number of likely N-dealkylation sites (N-methyl/N-ethyl adjacent to an activating group) is 1. The van der Waals surface area contributed by atoms with Crippen LogP contribution in [-0.4, -0.2) is 62.1 Å². The Balaban J connectivity index is 1.69. The van der Waals surface area contributed by atoms with Crippen LogP contribution in [0.2, 0.25) is 0 Å². The summed E-state index contributed by atoms with van der Waals surface area (Å²) in [6.07, 6.45) is 2.13. The van der Waals surface area contributed by atoms with E-state index in [1.807, 2.05) is 11.9 Å². The van der Waals surface area contributed by atoms with E-state index in [1.165, 1.54) is 17.0 Å². The summed E-state index contributed by atoms with van der Waals surface area (Å²) in [5, 5.41) is 2.71. The van der Waals surface area contributed by atoms with Crippen LogP contribution < -0.4 is 16.0 Å². The van der Waals surface area contributed by atoms with Crippen LogP contribution in [0.25, 0.3) is 0 Å². The number of nitrogens with one attached hydrogen (secondary N) is 1. The molecule has 1 aromatic carbocycles. The Bertz CT molecular complexity index is 665. The van der Waals surface area contributed by atoms with Crippen molar-refractivity contribution in [1.29, 1.82) is 0 Å². The number of morpholine rings is 1. The molecule has 1 atom stereocenters. The maximum absolute atomic E-state index is 14.4. The number of ether oxygens (including phenoxy) is 1. The quantitative estimate of drug-likeness (QED) is 0.782. The minimum Gasteiger partial charge on any atom is -0.370 e. The van der Waals surface area contributed by atoms with Crippen molar-refractivity contribution in [2.24, 2.45) is 5.73 Å². The zero-order valence-corrected chi connectivity index (χ0v) is 14.2. The van der Waals surface area contributed by atoms with Crippen LogP contribution in [0.3, 0.4) is 0 Å². The zero-order chi connectivity index (χ0) is 18.0. The predicted octanol–water partition coefficient (Wildman–Crippen LogP) is 0.549. The molecule has 2 fully saturated rings. The molecule has 0 spiro atoms. The molecule has 2 amide bonds. The fourth-order valence-electron chi connectivity index (χ4n) is 3.00. The molecule has 0 aromatic heterocycles. The van der Waals surface area contributed by atoms with E-state index in [1.54, 1.807) is 6.07 Å². The number of carbonyl (C=O) groups excluding carboxylic acids is 2. The molecule has 7 nitrogen and oxygen atoms in total. The molecular formula is C17H23FN4O3.